The molecule has 1 aliphatic heterocycles. The summed E-state index contributed by atoms with van der Waals surface area (Å²) in [6, 6.07) is 0. The average Bonchev–Trinajstić information content (AvgIpc) is 2.22. The molecular weight excluding hydrogens is 202 g/mol. The van der Waals surface area contributed by atoms with Gasteiger partial charge in [-0.25, -0.2) is 0 Å². The van der Waals surface area contributed by atoms with Crippen molar-refractivity contribution in [3.05, 3.63) is 12.7 Å². The van der Waals surface area contributed by atoms with E-state index in [9.17, 15) is 0 Å². The quantitative estimate of drug-likeness (QED) is 0.430. The van der Waals surface area contributed by atoms with Crippen molar-refractivity contribution in [2.24, 2.45) is 16.6 Å². The van der Waals surface area contributed by atoms with Gasteiger partial charge in [0, 0.05) is 13.1 Å². The molecule has 0 spiro atoms. The zero-order chi connectivity index (χ0) is 12.0. The van der Waals surface area contributed by atoms with E-state index in [0.29, 0.717) is 30.6 Å². The number of aliphatic imine (C=N–C) groups is 1. The number of nitrogens with zero attached hydrogens (tertiary/aromatic N) is 1. The number of nitrogens with one attached hydrogen (secondary N) is 1. The minimum atomic E-state index is 0.339. The second kappa shape index (κ2) is 6.53. The maximum Gasteiger partial charge on any atom is 0.188 e. The van der Waals surface area contributed by atoms with Crippen LogP contribution in [0.15, 0.2) is 17.6 Å². The van der Waals surface area contributed by atoms with Gasteiger partial charge >= 0.3 is 0 Å². The predicted octanol–water partition coefficient (Wildman–Crippen LogP) is 1.28. The molecule has 0 bridgehead atoms. The van der Waals surface area contributed by atoms with E-state index in [0.717, 1.165) is 19.4 Å². The summed E-state index contributed by atoms with van der Waals surface area (Å²) in [6.45, 7) is 9.29. The van der Waals surface area contributed by atoms with E-state index in [2.05, 4.69) is 30.7 Å². The number of ether oxygens (including phenoxy) is 1. The second-order valence-corrected chi connectivity index (χ2v) is 4.49. The van der Waals surface area contributed by atoms with Gasteiger partial charge < -0.3 is 15.8 Å². The van der Waals surface area contributed by atoms with E-state index in [1.54, 1.807) is 6.08 Å². The van der Waals surface area contributed by atoms with Gasteiger partial charge in [0.25, 0.3) is 0 Å². The Hall–Kier alpha value is -1.03. The maximum atomic E-state index is 5.71. The summed E-state index contributed by atoms with van der Waals surface area (Å²) in [4.78, 5) is 4.33. The lowest BCUT2D eigenvalue weighted by Gasteiger charge is -2.31. The Morgan fingerprint density at radius 1 is 1.50 bits per heavy atom. The molecule has 1 heterocycles. The standard InChI is InChI=1S/C12H23N3O/c1-4-5-14-12(13)15-8-11-6-9(2)16-10(3)7-11/h4,9-11H,1,5-8H2,2-3H3,(H3,13,14,15). The van der Waals surface area contributed by atoms with Crippen molar-refractivity contribution < 1.29 is 4.74 Å². The fourth-order valence-electron chi connectivity index (χ4n) is 2.15. The SMILES string of the molecule is C=CCNC(N)=NCC1CC(C)OC(C)C1. The van der Waals surface area contributed by atoms with Crippen molar-refractivity contribution in [1.82, 2.24) is 5.32 Å². The largest absolute Gasteiger partial charge is 0.376 e. The molecule has 92 valence electrons. The summed E-state index contributed by atoms with van der Waals surface area (Å²) in [7, 11) is 0. The van der Waals surface area contributed by atoms with Gasteiger partial charge in [-0.1, -0.05) is 6.08 Å². The molecule has 16 heavy (non-hydrogen) atoms. The Labute approximate surface area is 98.0 Å². The average molecular weight is 225 g/mol. The highest BCUT2D eigenvalue weighted by atomic mass is 16.5. The Morgan fingerprint density at radius 2 is 2.12 bits per heavy atom. The van der Waals surface area contributed by atoms with Crippen LogP contribution >= 0.6 is 0 Å². The van der Waals surface area contributed by atoms with Crippen molar-refractivity contribution >= 4 is 5.96 Å². The van der Waals surface area contributed by atoms with Crippen LogP contribution in [0.5, 0.6) is 0 Å². The molecule has 4 heteroatoms. The molecule has 0 radical (unpaired) electrons. The lowest BCUT2D eigenvalue weighted by atomic mass is 9.93. The summed E-state index contributed by atoms with van der Waals surface area (Å²) in [5.74, 6) is 1.09. The zero-order valence-electron chi connectivity index (χ0n) is 10.3. The molecule has 0 saturated carbocycles. The number of hydrogen-bond donors (Lipinski definition) is 2. The van der Waals surface area contributed by atoms with Crippen LogP contribution in [0.2, 0.25) is 0 Å². The summed E-state index contributed by atoms with van der Waals surface area (Å²) in [5, 5.41) is 2.97. The van der Waals surface area contributed by atoms with E-state index in [1.807, 2.05) is 0 Å². The molecule has 0 amide bonds. The molecule has 2 unspecified atom stereocenters. The van der Waals surface area contributed by atoms with Gasteiger partial charge in [0.1, 0.15) is 0 Å². The molecule has 1 aliphatic rings. The molecule has 1 rings (SSSR count). The second-order valence-electron chi connectivity index (χ2n) is 4.49. The summed E-state index contributed by atoms with van der Waals surface area (Å²) < 4.78 is 5.68. The normalized spacial score (nSPS) is 31.1. The van der Waals surface area contributed by atoms with Crippen LogP contribution in [-0.4, -0.2) is 31.3 Å². The topological polar surface area (TPSA) is 59.6 Å². The molecule has 0 aliphatic carbocycles. The van der Waals surface area contributed by atoms with Crippen LogP contribution in [0, 0.1) is 5.92 Å². The van der Waals surface area contributed by atoms with Crippen molar-refractivity contribution in [3.63, 3.8) is 0 Å². The fraction of sp³-hybridized carbons (Fsp3) is 0.750. The van der Waals surface area contributed by atoms with Crippen LogP contribution in [0.1, 0.15) is 26.7 Å². The number of rotatable bonds is 4. The fourth-order valence-corrected chi connectivity index (χ4v) is 2.15. The third-order valence-electron chi connectivity index (χ3n) is 2.74. The number of guanidine groups is 1. The van der Waals surface area contributed by atoms with Gasteiger partial charge in [-0.2, -0.15) is 0 Å². The van der Waals surface area contributed by atoms with E-state index in [4.69, 9.17) is 10.5 Å². The van der Waals surface area contributed by atoms with E-state index < -0.39 is 0 Å². The Bertz CT molecular complexity index is 243. The molecular formula is C12H23N3O. The highest BCUT2D eigenvalue weighted by molar-refractivity contribution is 5.77. The van der Waals surface area contributed by atoms with Crippen LogP contribution in [0.25, 0.3) is 0 Å². The molecule has 0 aromatic heterocycles. The maximum absolute atomic E-state index is 5.71. The highest BCUT2D eigenvalue weighted by Crippen LogP contribution is 2.24. The van der Waals surface area contributed by atoms with Gasteiger partial charge in [0.15, 0.2) is 5.96 Å². The zero-order valence-corrected chi connectivity index (χ0v) is 10.3. The molecule has 0 aromatic rings. The summed E-state index contributed by atoms with van der Waals surface area (Å²) in [5.41, 5.74) is 5.71. The van der Waals surface area contributed by atoms with Gasteiger partial charge in [-0.3, -0.25) is 4.99 Å². The van der Waals surface area contributed by atoms with Crippen LogP contribution < -0.4 is 11.1 Å². The van der Waals surface area contributed by atoms with Crippen LogP contribution in [-0.2, 0) is 4.74 Å². The Kier molecular flexibility index (Phi) is 5.32. The number of nitrogens with two attached hydrogens (primary N) is 1. The van der Waals surface area contributed by atoms with Gasteiger partial charge in [-0.05, 0) is 32.6 Å². The first-order chi connectivity index (χ1) is 7.61. The third-order valence-corrected chi connectivity index (χ3v) is 2.74. The van der Waals surface area contributed by atoms with E-state index in [1.165, 1.54) is 0 Å². The molecule has 1 fully saturated rings. The first-order valence-corrected chi connectivity index (χ1v) is 5.92. The third kappa shape index (κ3) is 4.66. The molecule has 1 saturated heterocycles. The van der Waals surface area contributed by atoms with Gasteiger partial charge in [0.05, 0.1) is 12.2 Å². The van der Waals surface area contributed by atoms with Crippen LogP contribution in [0.3, 0.4) is 0 Å². The smallest absolute Gasteiger partial charge is 0.188 e. The van der Waals surface area contributed by atoms with Gasteiger partial charge in [-0.15, -0.1) is 6.58 Å². The molecule has 0 aromatic carbocycles. The first-order valence-electron chi connectivity index (χ1n) is 5.92. The van der Waals surface area contributed by atoms with Crippen LogP contribution in [0.4, 0.5) is 0 Å². The van der Waals surface area contributed by atoms with Crippen molar-refractivity contribution in [2.45, 2.75) is 38.9 Å². The minimum absolute atomic E-state index is 0.339. The highest BCUT2D eigenvalue weighted by Gasteiger charge is 2.23. The lowest BCUT2D eigenvalue weighted by molar-refractivity contribution is -0.0501. The van der Waals surface area contributed by atoms with Crippen molar-refractivity contribution in [2.75, 3.05) is 13.1 Å². The molecule has 2 atom stereocenters. The summed E-state index contributed by atoms with van der Waals surface area (Å²) in [6.07, 6.45) is 4.59. The van der Waals surface area contributed by atoms with Crippen molar-refractivity contribution in [3.8, 4) is 0 Å². The molecule has 4 nitrogen and oxygen atoms in total. The van der Waals surface area contributed by atoms with Gasteiger partial charge in [0.2, 0.25) is 0 Å². The van der Waals surface area contributed by atoms with E-state index in [-0.39, 0.29) is 0 Å². The van der Waals surface area contributed by atoms with Crippen molar-refractivity contribution in [1.29, 1.82) is 0 Å². The minimum Gasteiger partial charge on any atom is -0.376 e. The predicted molar refractivity (Wildman–Crippen MR) is 67.4 cm³/mol. The lowest BCUT2D eigenvalue weighted by Crippen LogP contribution is -2.34. The monoisotopic (exact) mass is 225 g/mol. The first kappa shape index (κ1) is 13.0. The Balaban J connectivity index is 2.33. The van der Waals surface area contributed by atoms with E-state index >= 15 is 0 Å². The molecule has 3 N–H and O–H groups in total. The summed E-state index contributed by atoms with van der Waals surface area (Å²) >= 11 is 0. The Morgan fingerprint density at radius 3 is 2.69 bits per heavy atom. The number of hydrogen-bond acceptors (Lipinski definition) is 2.